The molecule has 0 spiro atoms. The van der Waals surface area contributed by atoms with Gasteiger partial charge in [0.2, 0.25) is 5.91 Å². The van der Waals surface area contributed by atoms with Gasteiger partial charge in [0.05, 0.1) is 13.7 Å². The number of hydrogen-bond donors (Lipinski definition) is 1. The fourth-order valence-corrected chi connectivity index (χ4v) is 2.65. The van der Waals surface area contributed by atoms with Crippen LogP contribution >= 0.6 is 11.8 Å². The number of ether oxygens (including phenoxy) is 1. The van der Waals surface area contributed by atoms with Gasteiger partial charge in [-0.05, 0) is 43.1 Å². The number of benzene rings is 2. The minimum absolute atomic E-state index is 0.0403. The molecule has 0 aromatic heterocycles. The molecule has 0 fully saturated rings. The molecule has 0 aliphatic heterocycles. The molecule has 1 N–H and O–H groups in total. The van der Waals surface area contributed by atoms with Crippen LogP contribution in [-0.2, 0) is 11.3 Å². The van der Waals surface area contributed by atoms with Gasteiger partial charge in [-0.25, -0.2) is 0 Å². The van der Waals surface area contributed by atoms with Crippen LogP contribution in [0.25, 0.3) is 0 Å². The highest BCUT2D eigenvalue weighted by atomic mass is 32.2. The van der Waals surface area contributed by atoms with Gasteiger partial charge in [-0.15, -0.1) is 11.8 Å². The van der Waals surface area contributed by atoms with Crippen molar-refractivity contribution < 1.29 is 9.53 Å². The molecule has 4 nitrogen and oxygen atoms in total. The van der Waals surface area contributed by atoms with E-state index in [2.05, 4.69) is 35.8 Å². The lowest BCUT2D eigenvalue weighted by Crippen LogP contribution is -2.29. The average Bonchev–Trinajstić information content (AvgIpc) is 2.55. The van der Waals surface area contributed by atoms with Gasteiger partial charge in [0.1, 0.15) is 5.75 Å². The van der Waals surface area contributed by atoms with E-state index in [9.17, 15) is 4.79 Å². The van der Waals surface area contributed by atoms with Crippen molar-refractivity contribution in [3.63, 3.8) is 0 Å². The maximum atomic E-state index is 12.1. The van der Waals surface area contributed by atoms with Gasteiger partial charge in [-0.2, -0.15) is 0 Å². The topological polar surface area (TPSA) is 41.6 Å². The summed E-state index contributed by atoms with van der Waals surface area (Å²) in [7, 11) is 3.55. The highest BCUT2D eigenvalue weighted by Crippen LogP contribution is 2.17. The van der Waals surface area contributed by atoms with Crippen LogP contribution < -0.4 is 10.1 Å². The van der Waals surface area contributed by atoms with Gasteiger partial charge in [0.15, 0.2) is 0 Å². The summed E-state index contributed by atoms with van der Waals surface area (Å²) in [6.07, 6.45) is 2.06. The summed E-state index contributed by atoms with van der Waals surface area (Å²) in [5.74, 6) is 0.687. The molecule has 0 saturated heterocycles. The SMILES string of the molecule is COc1cccc(NC(=O)CN(C)Cc2ccc(SC)cc2)c1. The maximum Gasteiger partial charge on any atom is 0.238 e. The van der Waals surface area contributed by atoms with E-state index in [0.29, 0.717) is 6.54 Å². The number of nitrogens with one attached hydrogen (secondary N) is 1. The molecule has 5 heteroatoms. The van der Waals surface area contributed by atoms with E-state index in [1.54, 1.807) is 24.9 Å². The normalized spacial score (nSPS) is 10.6. The van der Waals surface area contributed by atoms with Crippen molar-refractivity contribution in [1.82, 2.24) is 4.90 Å². The summed E-state index contributed by atoms with van der Waals surface area (Å²) in [4.78, 5) is 15.3. The number of carbonyl (C=O) groups is 1. The van der Waals surface area contributed by atoms with Gasteiger partial charge in [0.25, 0.3) is 0 Å². The van der Waals surface area contributed by atoms with Crippen LogP contribution in [0.1, 0.15) is 5.56 Å². The molecule has 1 amide bonds. The first-order valence-electron chi connectivity index (χ1n) is 7.36. The van der Waals surface area contributed by atoms with Crippen LogP contribution in [0.4, 0.5) is 5.69 Å². The second kappa shape index (κ2) is 8.60. The van der Waals surface area contributed by atoms with E-state index >= 15 is 0 Å². The molecule has 0 atom stereocenters. The smallest absolute Gasteiger partial charge is 0.238 e. The fraction of sp³-hybridized carbons (Fsp3) is 0.278. The Morgan fingerprint density at radius 3 is 2.61 bits per heavy atom. The van der Waals surface area contributed by atoms with Crippen molar-refractivity contribution in [2.24, 2.45) is 0 Å². The molecule has 0 aliphatic carbocycles. The number of methoxy groups -OCH3 is 1. The zero-order valence-electron chi connectivity index (χ0n) is 13.7. The van der Waals surface area contributed by atoms with Crippen molar-refractivity contribution in [2.45, 2.75) is 11.4 Å². The standard InChI is InChI=1S/C18H22N2O2S/c1-20(12-14-7-9-17(23-3)10-8-14)13-18(21)19-15-5-4-6-16(11-15)22-2/h4-11H,12-13H2,1-3H3,(H,19,21). The van der Waals surface area contributed by atoms with E-state index < -0.39 is 0 Å². The lowest BCUT2D eigenvalue weighted by molar-refractivity contribution is -0.117. The Morgan fingerprint density at radius 1 is 1.22 bits per heavy atom. The third-order valence-electron chi connectivity index (χ3n) is 3.38. The maximum absolute atomic E-state index is 12.1. The summed E-state index contributed by atoms with van der Waals surface area (Å²) in [5.41, 5.74) is 1.94. The van der Waals surface area contributed by atoms with Crippen LogP contribution in [0.5, 0.6) is 5.75 Å². The molecule has 0 heterocycles. The van der Waals surface area contributed by atoms with E-state index in [0.717, 1.165) is 18.0 Å². The molecular weight excluding hydrogens is 308 g/mol. The van der Waals surface area contributed by atoms with E-state index in [1.165, 1.54) is 10.5 Å². The molecule has 0 radical (unpaired) electrons. The minimum Gasteiger partial charge on any atom is -0.497 e. The second-order valence-corrected chi connectivity index (χ2v) is 6.18. The molecule has 0 aliphatic rings. The van der Waals surface area contributed by atoms with E-state index in [-0.39, 0.29) is 5.91 Å². The van der Waals surface area contributed by atoms with Crippen molar-refractivity contribution in [2.75, 3.05) is 32.3 Å². The second-order valence-electron chi connectivity index (χ2n) is 5.30. The Balaban J connectivity index is 1.86. The number of nitrogens with zero attached hydrogens (tertiary/aromatic N) is 1. The molecule has 0 unspecified atom stereocenters. The largest absolute Gasteiger partial charge is 0.497 e. The average molecular weight is 330 g/mol. The molecule has 122 valence electrons. The monoisotopic (exact) mass is 330 g/mol. The van der Waals surface area contributed by atoms with Crippen molar-refractivity contribution in [3.8, 4) is 5.75 Å². The fourth-order valence-electron chi connectivity index (χ4n) is 2.25. The van der Waals surface area contributed by atoms with Gasteiger partial charge in [-0.3, -0.25) is 9.69 Å². The Morgan fingerprint density at radius 2 is 1.96 bits per heavy atom. The Bertz CT molecular complexity index is 644. The Hall–Kier alpha value is -1.98. The molecule has 23 heavy (non-hydrogen) atoms. The van der Waals surface area contributed by atoms with Crippen LogP contribution in [-0.4, -0.2) is 37.8 Å². The lowest BCUT2D eigenvalue weighted by atomic mass is 10.2. The van der Waals surface area contributed by atoms with Gasteiger partial charge in [-0.1, -0.05) is 18.2 Å². The lowest BCUT2D eigenvalue weighted by Gasteiger charge is -2.16. The van der Waals surface area contributed by atoms with Gasteiger partial charge >= 0.3 is 0 Å². The Kier molecular flexibility index (Phi) is 6.50. The number of amides is 1. The number of hydrogen-bond acceptors (Lipinski definition) is 4. The minimum atomic E-state index is -0.0403. The zero-order chi connectivity index (χ0) is 16.7. The third kappa shape index (κ3) is 5.62. The third-order valence-corrected chi connectivity index (χ3v) is 4.12. The van der Waals surface area contributed by atoms with E-state index in [1.807, 2.05) is 30.1 Å². The van der Waals surface area contributed by atoms with Crippen molar-refractivity contribution in [3.05, 3.63) is 54.1 Å². The quantitative estimate of drug-likeness (QED) is 0.789. The van der Waals surface area contributed by atoms with Gasteiger partial charge < -0.3 is 10.1 Å². The van der Waals surface area contributed by atoms with Crippen molar-refractivity contribution in [1.29, 1.82) is 0 Å². The van der Waals surface area contributed by atoms with Crippen LogP contribution in [0, 0.1) is 0 Å². The molecule has 2 rings (SSSR count). The first-order valence-corrected chi connectivity index (χ1v) is 8.58. The summed E-state index contributed by atoms with van der Waals surface area (Å²) < 4.78 is 5.15. The molecule has 0 bridgehead atoms. The number of thioether (sulfide) groups is 1. The number of rotatable bonds is 7. The predicted octanol–water partition coefficient (Wildman–Crippen LogP) is 3.49. The zero-order valence-corrected chi connectivity index (χ0v) is 14.5. The Labute approximate surface area is 141 Å². The predicted molar refractivity (Wildman–Crippen MR) is 96.2 cm³/mol. The van der Waals surface area contributed by atoms with Crippen molar-refractivity contribution >= 4 is 23.4 Å². The number of likely N-dealkylation sites (N-methyl/N-ethyl adjacent to an activating group) is 1. The van der Waals surface area contributed by atoms with Gasteiger partial charge in [0, 0.05) is 23.2 Å². The molecule has 2 aromatic carbocycles. The van der Waals surface area contributed by atoms with Crippen LogP contribution in [0.15, 0.2) is 53.4 Å². The first kappa shape index (κ1) is 17.4. The molecule has 2 aromatic rings. The first-order chi connectivity index (χ1) is 11.1. The summed E-state index contributed by atoms with van der Waals surface area (Å²) in [5, 5.41) is 2.89. The summed E-state index contributed by atoms with van der Waals surface area (Å²) >= 11 is 1.72. The highest BCUT2D eigenvalue weighted by Gasteiger charge is 2.08. The number of anilines is 1. The van der Waals surface area contributed by atoms with E-state index in [4.69, 9.17) is 4.74 Å². The molecule has 0 saturated carbocycles. The number of carbonyl (C=O) groups excluding carboxylic acids is 1. The summed E-state index contributed by atoms with van der Waals surface area (Å²) in [6.45, 7) is 1.07. The van der Waals surface area contributed by atoms with Crippen LogP contribution in [0.3, 0.4) is 0 Å². The molecular formula is C18H22N2O2S. The summed E-state index contributed by atoms with van der Waals surface area (Å²) in [6, 6.07) is 15.8. The van der Waals surface area contributed by atoms with Crippen LogP contribution in [0.2, 0.25) is 0 Å². The highest BCUT2D eigenvalue weighted by molar-refractivity contribution is 7.98.